The number of aliphatic hydroxyl groups is 1. The van der Waals surface area contributed by atoms with Gasteiger partial charge in [0.2, 0.25) is 0 Å². The molecule has 1 aromatic carbocycles. The monoisotopic (exact) mass is 333 g/mol. The van der Waals surface area contributed by atoms with Crippen LogP contribution in [0.5, 0.6) is 0 Å². The van der Waals surface area contributed by atoms with Crippen LogP contribution in [0.4, 0.5) is 0 Å². The van der Waals surface area contributed by atoms with Crippen LogP contribution in [0.2, 0.25) is 0 Å². The Morgan fingerprint density at radius 1 is 1.18 bits per heavy atom. The lowest BCUT2D eigenvalue weighted by Gasteiger charge is -2.15. The van der Waals surface area contributed by atoms with Gasteiger partial charge in [0, 0.05) is 0 Å². The van der Waals surface area contributed by atoms with E-state index < -0.39 is 28.2 Å². The highest BCUT2D eigenvalue weighted by molar-refractivity contribution is 7.85. The van der Waals surface area contributed by atoms with Crippen molar-refractivity contribution in [2.24, 2.45) is 5.73 Å². The van der Waals surface area contributed by atoms with Crippen molar-refractivity contribution in [1.82, 2.24) is 0 Å². The van der Waals surface area contributed by atoms with Gasteiger partial charge in [-0.1, -0.05) is 17.7 Å². The molecule has 22 heavy (non-hydrogen) atoms. The first kappa shape index (κ1) is 20.5. The molecule has 0 amide bonds. The van der Waals surface area contributed by atoms with Crippen molar-refractivity contribution in [3.05, 3.63) is 29.8 Å². The summed E-state index contributed by atoms with van der Waals surface area (Å²) in [5, 5.41) is 8.88. The molecule has 4 N–H and O–H groups in total. The molecule has 8 heteroatoms. The van der Waals surface area contributed by atoms with Crippen LogP contribution in [0.25, 0.3) is 0 Å². The summed E-state index contributed by atoms with van der Waals surface area (Å²) < 4.78 is 34.3. The van der Waals surface area contributed by atoms with Crippen LogP contribution in [0.3, 0.4) is 0 Å². The van der Waals surface area contributed by atoms with Gasteiger partial charge in [0.15, 0.2) is 0 Å². The molecule has 0 aliphatic heterocycles. The Hall–Kier alpha value is -1.48. The molecular formula is C14H23NO6S. The van der Waals surface area contributed by atoms with Crippen molar-refractivity contribution in [2.75, 3.05) is 0 Å². The SMILES string of the molecule is CC(C)OC(=O)C(N)C(C)O.Cc1ccc(S(=O)(=O)O)cc1. The smallest absolute Gasteiger partial charge is 0.325 e. The second-order valence-corrected chi connectivity index (χ2v) is 6.46. The molecular weight excluding hydrogens is 310 g/mol. The molecule has 0 spiro atoms. The van der Waals surface area contributed by atoms with Gasteiger partial charge in [0.05, 0.1) is 17.1 Å². The Labute approximate surface area is 130 Å². The Bertz CT molecular complexity index is 566. The van der Waals surface area contributed by atoms with E-state index in [9.17, 15) is 13.2 Å². The first-order valence-electron chi connectivity index (χ1n) is 6.63. The maximum Gasteiger partial charge on any atom is 0.325 e. The number of hydrogen-bond acceptors (Lipinski definition) is 6. The van der Waals surface area contributed by atoms with Crippen molar-refractivity contribution < 1.29 is 27.6 Å². The van der Waals surface area contributed by atoms with Crippen molar-refractivity contribution in [3.8, 4) is 0 Å². The highest BCUT2D eigenvalue weighted by atomic mass is 32.2. The van der Waals surface area contributed by atoms with Gasteiger partial charge in [-0.2, -0.15) is 8.42 Å². The second-order valence-electron chi connectivity index (χ2n) is 5.04. The van der Waals surface area contributed by atoms with E-state index in [-0.39, 0.29) is 11.0 Å². The number of carbonyl (C=O) groups excluding carboxylic acids is 1. The molecule has 0 aliphatic rings. The van der Waals surface area contributed by atoms with Crippen LogP contribution < -0.4 is 5.73 Å². The van der Waals surface area contributed by atoms with Gasteiger partial charge in [-0.05, 0) is 39.8 Å². The Balaban J connectivity index is 0.000000401. The first-order valence-corrected chi connectivity index (χ1v) is 8.07. The van der Waals surface area contributed by atoms with E-state index in [1.165, 1.54) is 19.1 Å². The molecule has 0 heterocycles. The van der Waals surface area contributed by atoms with Crippen LogP contribution in [-0.2, 0) is 19.6 Å². The minimum atomic E-state index is -4.02. The number of rotatable bonds is 4. The molecule has 0 saturated carbocycles. The summed E-state index contributed by atoms with van der Waals surface area (Å²) in [5.41, 5.74) is 6.24. The van der Waals surface area contributed by atoms with Crippen molar-refractivity contribution in [2.45, 2.75) is 50.8 Å². The fourth-order valence-electron chi connectivity index (χ4n) is 1.22. The topological polar surface area (TPSA) is 127 Å². The lowest BCUT2D eigenvalue weighted by molar-refractivity contribution is -0.151. The molecule has 7 nitrogen and oxygen atoms in total. The van der Waals surface area contributed by atoms with Gasteiger partial charge >= 0.3 is 5.97 Å². The largest absolute Gasteiger partial charge is 0.462 e. The van der Waals surface area contributed by atoms with E-state index in [1.54, 1.807) is 26.0 Å². The summed E-state index contributed by atoms with van der Waals surface area (Å²) in [6, 6.07) is 5.05. The zero-order valence-corrected chi connectivity index (χ0v) is 13.9. The molecule has 0 aromatic heterocycles. The normalized spacial score (nSPS) is 13.8. The number of aliphatic hydroxyl groups excluding tert-OH is 1. The fraction of sp³-hybridized carbons (Fsp3) is 0.500. The maximum atomic E-state index is 10.9. The minimum absolute atomic E-state index is 0.0666. The van der Waals surface area contributed by atoms with Gasteiger partial charge in [-0.15, -0.1) is 0 Å². The molecule has 0 fully saturated rings. The third-order valence-electron chi connectivity index (χ3n) is 2.46. The minimum Gasteiger partial charge on any atom is -0.462 e. The molecule has 126 valence electrons. The summed E-state index contributed by atoms with van der Waals surface area (Å²) >= 11 is 0. The number of hydrogen-bond donors (Lipinski definition) is 3. The summed E-state index contributed by atoms with van der Waals surface area (Å²) in [6.07, 6.45) is -1.05. The molecule has 0 saturated heterocycles. The second kappa shape index (κ2) is 8.84. The van der Waals surface area contributed by atoms with Crippen LogP contribution in [0.1, 0.15) is 26.3 Å². The van der Waals surface area contributed by atoms with E-state index in [2.05, 4.69) is 0 Å². The molecule has 0 radical (unpaired) electrons. The lowest BCUT2D eigenvalue weighted by Crippen LogP contribution is -2.42. The highest BCUT2D eigenvalue weighted by Gasteiger charge is 2.20. The number of carbonyl (C=O) groups is 1. The van der Waals surface area contributed by atoms with Gasteiger partial charge in [-0.3, -0.25) is 9.35 Å². The molecule has 0 bridgehead atoms. The van der Waals surface area contributed by atoms with Crippen LogP contribution in [0.15, 0.2) is 29.2 Å². The van der Waals surface area contributed by atoms with Gasteiger partial charge in [0.25, 0.3) is 10.1 Å². The zero-order chi connectivity index (χ0) is 17.5. The lowest BCUT2D eigenvalue weighted by atomic mass is 10.2. The Kier molecular flexibility index (Phi) is 8.25. The summed E-state index contributed by atoms with van der Waals surface area (Å²) in [6.45, 7) is 6.75. The third-order valence-corrected chi connectivity index (χ3v) is 3.33. The maximum absolute atomic E-state index is 10.9. The average Bonchev–Trinajstić information content (AvgIpc) is 2.37. The van der Waals surface area contributed by atoms with Gasteiger partial charge in [-0.25, -0.2) is 0 Å². The summed E-state index contributed by atoms with van der Waals surface area (Å²) in [5.74, 6) is -0.560. The third kappa shape index (κ3) is 8.08. The van der Waals surface area contributed by atoms with Crippen molar-refractivity contribution >= 4 is 16.1 Å². The van der Waals surface area contributed by atoms with Crippen LogP contribution >= 0.6 is 0 Å². The Morgan fingerprint density at radius 3 is 1.95 bits per heavy atom. The van der Waals surface area contributed by atoms with Crippen LogP contribution in [0, 0.1) is 6.92 Å². The molecule has 2 unspecified atom stereocenters. The molecule has 1 aromatic rings. The van der Waals surface area contributed by atoms with Crippen molar-refractivity contribution in [1.29, 1.82) is 0 Å². The van der Waals surface area contributed by atoms with E-state index in [1.807, 2.05) is 6.92 Å². The molecule has 0 aliphatic carbocycles. The van der Waals surface area contributed by atoms with E-state index in [4.69, 9.17) is 20.1 Å². The van der Waals surface area contributed by atoms with E-state index in [0.29, 0.717) is 0 Å². The quantitative estimate of drug-likeness (QED) is 0.551. The number of esters is 1. The fourth-order valence-corrected chi connectivity index (χ4v) is 1.70. The van der Waals surface area contributed by atoms with E-state index in [0.717, 1.165) is 5.56 Å². The average molecular weight is 333 g/mol. The Morgan fingerprint density at radius 2 is 1.64 bits per heavy atom. The zero-order valence-electron chi connectivity index (χ0n) is 13.1. The van der Waals surface area contributed by atoms with E-state index >= 15 is 0 Å². The number of ether oxygens (including phenoxy) is 1. The van der Waals surface area contributed by atoms with Crippen molar-refractivity contribution in [3.63, 3.8) is 0 Å². The molecule has 2 atom stereocenters. The summed E-state index contributed by atoms with van der Waals surface area (Å²) in [4.78, 5) is 10.8. The molecule has 1 rings (SSSR count). The number of nitrogens with two attached hydrogens (primary N) is 1. The number of aryl methyl sites for hydroxylation is 1. The predicted molar refractivity (Wildman–Crippen MR) is 81.9 cm³/mol. The van der Waals surface area contributed by atoms with Gasteiger partial charge < -0.3 is 15.6 Å². The highest BCUT2D eigenvalue weighted by Crippen LogP contribution is 2.08. The van der Waals surface area contributed by atoms with Crippen LogP contribution in [-0.4, -0.2) is 42.3 Å². The van der Waals surface area contributed by atoms with Gasteiger partial charge in [0.1, 0.15) is 6.04 Å². The summed E-state index contributed by atoms with van der Waals surface area (Å²) in [7, 11) is -4.02. The number of benzene rings is 1. The standard InChI is InChI=1S/C7H15NO3.C7H8O3S/c1-4(2)11-7(10)6(8)5(3)9;1-6-2-4-7(5-3-6)11(8,9)10/h4-6,9H,8H2,1-3H3;2-5H,1H3,(H,8,9,10). The predicted octanol–water partition coefficient (Wildman–Crippen LogP) is 0.888. The first-order chi connectivity index (χ1) is 9.95.